The molecule has 1 atom stereocenters. The number of methoxy groups -OCH3 is 1. The summed E-state index contributed by atoms with van der Waals surface area (Å²) in [4.78, 5) is 34.3. The molecule has 0 saturated heterocycles. The van der Waals surface area contributed by atoms with Gasteiger partial charge in [0.2, 0.25) is 5.78 Å². The summed E-state index contributed by atoms with van der Waals surface area (Å²) in [5, 5.41) is 13.8. The van der Waals surface area contributed by atoms with Crippen LogP contribution in [0.5, 0.6) is 5.75 Å². The van der Waals surface area contributed by atoms with Crippen LogP contribution in [0.25, 0.3) is 11.0 Å². The van der Waals surface area contributed by atoms with Gasteiger partial charge in [-0.15, -0.1) is 22.7 Å². The number of fused-ring (bicyclic) bond motifs is 1. The molecule has 0 fully saturated rings. The number of anilines is 1. The number of thiophene rings is 1. The number of hydrogen-bond donors (Lipinski definition) is 1. The smallest absolute Gasteiger partial charge is 0.296 e. The molecule has 1 aliphatic rings. The van der Waals surface area contributed by atoms with Crippen LogP contribution in [0.2, 0.25) is 0 Å². The molecule has 5 rings (SSSR count). The van der Waals surface area contributed by atoms with Crippen molar-refractivity contribution in [2.75, 3.05) is 12.0 Å². The molecule has 1 N–H and O–H groups in total. The number of carbonyl (C=O) groups excluding carboxylic acids is 2. The predicted octanol–water partition coefficient (Wildman–Crippen LogP) is 5.36. The molecule has 0 saturated carbocycles. The highest BCUT2D eigenvalue weighted by Crippen LogP contribution is 2.45. The maximum Gasteiger partial charge on any atom is 0.296 e. The Kier molecular flexibility index (Phi) is 4.87. The van der Waals surface area contributed by atoms with E-state index in [-0.39, 0.29) is 11.3 Å². The van der Waals surface area contributed by atoms with E-state index in [4.69, 9.17) is 9.15 Å². The molecule has 1 aromatic carbocycles. The SMILES string of the molecule is COc1cccc2cc(C(=O)C3=C(O)C(=O)N(c4nc(C)c(C)s4)C3c3cccs3)oc12. The zero-order valence-corrected chi connectivity index (χ0v) is 19.0. The number of carbonyl (C=O) groups is 2. The van der Waals surface area contributed by atoms with Crippen LogP contribution in [-0.4, -0.2) is 28.9 Å². The summed E-state index contributed by atoms with van der Waals surface area (Å²) in [7, 11) is 1.52. The number of aryl methyl sites for hydroxylation is 2. The van der Waals surface area contributed by atoms with Crippen molar-refractivity contribution in [2.24, 2.45) is 0 Å². The Hall–Kier alpha value is -3.43. The summed E-state index contributed by atoms with van der Waals surface area (Å²) in [6, 6.07) is 9.80. The fourth-order valence-corrected chi connectivity index (χ4v) is 5.51. The number of aliphatic hydroxyl groups excluding tert-OH is 1. The standard InChI is InChI=1S/C23H18N2O5S2/c1-11-12(2)32-23(24-11)25-18(16-8-5-9-31-16)17(20(27)22(25)28)19(26)15-10-13-6-4-7-14(29-3)21(13)30-15/h4-10,18,27H,1-3H3. The van der Waals surface area contributed by atoms with E-state index in [0.717, 1.165) is 15.4 Å². The van der Waals surface area contributed by atoms with Gasteiger partial charge in [-0.25, -0.2) is 4.98 Å². The summed E-state index contributed by atoms with van der Waals surface area (Å²) in [6.45, 7) is 3.77. The van der Waals surface area contributed by atoms with E-state index in [2.05, 4.69) is 4.98 Å². The number of hydrogen-bond acceptors (Lipinski definition) is 8. The molecule has 0 spiro atoms. The third-order valence-electron chi connectivity index (χ3n) is 5.44. The zero-order chi connectivity index (χ0) is 22.6. The van der Waals surface area contributed by atoms with Gasteiger partial charge in [-0.1, -0.05) is 18.2 Å². The maximum absolute atomic E-state index is 13.6. The molecule has 1 unspecified atom stereocenters. The highest BCUT2D eigenvalue weighted by atomic mass is 32.1. The van der Waals surface area contributed by atoms with Crippen molar-refractivity contribution < 1.29 is 23.8 Å². The average molecular weight is 467 g/mol. The van der Waals surface area contributed by atoms with Gasteiger partial charge in [0.25, 0.3) is 5.91 Å². The summed E-state index contributed by atoms with van der Waals surface area (Å²) >= 11 is 2.74. The molecule has 1 amide bonds. The first-order valence-corrected chi connectivity index (χ1v) is 11.5. The zero-order valence-electron chi connectivity index (χ0n) is 17.4. The van der Waals surface area contributed by atoms with E-state index in [1.54, 1.807) is 24.3 Å². The number of ketones is 1. The van der Waals surface area contributed by atoms with E-state index >= 15 is 0 Å². The van der Waals surface area contributed by atoms with E-state index in [1.165, 1.54) is 34.7 Å². The number of furan rings is 1. The number of benzene rings is 1. The second-order valence-corrected chi connectivity index (χ2v) is 9.47. The lowest BCUT2D eigenvalue weighted by atomic mass is 10.0. The second-order valence-electron chi connectivity index (χ2n) is 7.31. The first-order valence-electron chi connectivity index (χ1n) is 9.76. The summed E-state index contributed by atoms with van der Waals surface area (Å²) in [5.41, 5.74) is 1.20. The van der Waals surface area contributed by atoms with Crippen LogP contribution < -0.4 is 9.64 Å². The molecule has 7 nitrogen and oxygen atoms in total. The van der Waals surface area contributed by atoms with Crippen LogP contribution in [0.3, 0.4) is 0 Å². The molecule has 9 heteroatoms. The average Bonchev–Trinajstić information content (AvgIpc) is 3.55. The lowest BCUT2D eigenvalue weighted by Crippen LogP contribution is -2.30. The first kappa shape index (κ1) is 20.5. The number of nitrogens with zero attached hydrogens (tertiary/aromatic N) is 2. The molecule has 3 aromatic heterocycles. The number of ether oxygens (including phenoxy) is 1. The van der Waals surface area contributed by atoms with Gasteiger partial charge in [-0.3, -0.25) is 14.5 Å². The number of thiazole rings is 1. The van der Waals surface area contributed by atoms with Gasteiger partial charge in [0.15, 0.2) is 28.0 Å². The number of amides is 1. The van der Waals surface area contributed by atoms with Crippen LogP contribution in [0.4, 0.5) is 5.13 Å². The minimum absolute atomic E-state index is 0.0220. The highest BCUT2D eigenvalue weighted by molar-refractivity contribution is 7.16. The van der Waals surface area contributed by atoms with Crippen LogP contribution in [0, 0.1) is 13.8 Å². The van der Waals surface area contributed by atoms with Crippen molar-refractivity contribution in [3.8, 4) is 5.75 Å². The van der Waals surface area contributed by atoms with Crippen molar-refractivity contribution in [1.29, 1.82) is 0 Å². The third kappa shape index (κ3) is 3.04. The van der Waals surface area contributed by atoms with Crippen LogP contribution >= 0.6 is 22.7 Å². The van der Waals surface area contributed by atoms with Gasteiger partial charge >= 0.3 is 0 Å². The normalized spacial score (nSPS) is 16.4. The van der Waals surface area contributed by atoms with Crippen molar-refractivity contribution in [3.63, 3.8) is 0 Å². The maximum atomic E-state index is 13.6. The lowest BCUT2D eigenvalue weighted by molar-refractivity contribution is -0.117. The van der Waals surface area contributed by atoms with Crippen molar-refractivity contribution in [3.05, 3.63) is 74.3 Å². The Bertz CT molecular complexity index is 1380. The monoisotopic (exact) mass is 466 g/mol. The molecule has 0 radical (unpaired) electrons. The summed E-state index contributed by atoms with van der Waals surface area (Å²) in [6.07, 6.45) is 0. The van der Waals surface area contributed by atoms with Gasteiger partial charge < -0.3 is 14.3 Å². The highest BCUT2D eigenvalue weighted by Gasteiger charge is 2.47. The van der Waals surface area contributed by atoms with Crippen molar-refractivity contribution in [1.82, 2.24) is 4.98 Å². The molecule has 1 aliphatic heterocycles. The Labute approximate surface area is 191 Å². The molecule has 32 heavy (non-hydrogen) atoms. The van der Waals surface area contributed by atoms with Crippen LogP contribution in [0.1, 0.15) is 32.0 Å². The van der Waals surface area contributed by atoms with E-state index in [1.807, 2.05) is 31.4 Å². The molecule has 0 bridgehead atoms. The van der Waals surface area contributed by atoms with Crippen LogP contribution in [-0.2, 0) is 4.79 Å². The third-order valence-corrected chi connectivity index (χ3v) is 7.44. The fraction of sp³-hybridized carbons (Fsp3) is 0.174. The van der Waals surface area contributed by atoms with Gasteiger partial charge in [0.05, 0.1) is 18.4 Å². The Morgan fingerprint density at radius 2 is 2.06 bits per heavy atom. The van der Waals surface area contributed by atoms with Crippen molar-refractivity contribution in [2.45, 2.75) is 19.9 Å². The topological polar surface area (TPSA) is 92.9 Å². The molecule has 4 aromatic rings. The predicted molar refractivity (Wildman–Crippen MR) is 123 cm³/mol. The quantitative estimate of drug-likeness (QED) is 0.398. The number of rotatable bonds is 5. The second kappa shape index (κ2) is 7.61. The first-order chi connectivity index (χ1) is 15.4. The van der Waals surface area contributed by atoms with Crippen molar-refractivity contribution >= 4 is 50.5 Å². The number of aromatic nitrogens is 1. The van der Waals surface area contributed by atoms with Crippen LogP contribution in [0.15, 0.2) is 57.5 Å². The van der Waals surface area contributed by atoms with E-state index in [9.17, 15) is 14.7 Å². The molecule has 0 aliphatic carbocycles. The Morgan fingerprint density at radius 1 is 1.25 bits per heavy atom. The summed E-state index contributed by atoms with van der Waals surface area (Å²) < 4.78 is 11.1. The summed E-state index contributed by atoms with van der Waals surface area (Å²) in [5.74, 6) is -1.29. The molecule has 4 heterocycles. The largest absolute Gasteiger partial charge is 0.503 e. The minimum Gasteiger partial charge on any atom is -0.503 e. The van der Waals surface area contributed by atoms with Gasteiger partial charge in [-0.2, -0.15) is 0 Å². The minimum atomic E-state index is -0.796. The van der Waals surface area contributed by atoms with Gasteiger partial charge in [-0.05, 0) is 37.4 Å². The Balaban J connectivity index is 1.64. The molecular formula is C23H18N2O5S2. The molecule has 162 valence electrons. The number of Topliss-reactive ketones (excluding diaryl/α,β-unsaturated/α-hetero) is 1. The Morgan fingerprint density at radius 3 is 2.72 bits per heavy atom. The van der Waals surface area contributed by atoms with E-state index in [0.29, 0.717) is 21.9 Å². The molecular weight excluding hydrogens is 448 g/mol. The van der Waals surface area contributed by atoms with Gasteiger partial charge in [0.1, 0.15) is 6.04 Å². The lowest BCUT2D eigenvalue weighted by Gasteiger charge is -2.22. The van der Waals surface area contributed by atoms with Gasteiger partial charge in [0, 0.05) is 15.1 Å². The van der Waals surface area contributed by atoms with E-state index < -0.39 is 23.5 Å². The fourth-order valence-electron chi connectivity index (χ4n) is 3.75. The number of aliphatic hydroxyl groups is 1. The number of para-hydroxylation sites is 1.